The fourth-order valence-electron chi connectivity index (χ4n) is 8.53. The Morgan fingerprint density at radius 2 is 0.581 bits per heavy atom. The average molecular weight is 876 g/mol. The summed E-state index contributed by atoms with van der Waals surface area (Å²) in [5, 5.41) is 0. The Balaban J connectivity index is 4.14. The second-order valence-corrected chi connectivity index (χ2v) is 19.2. The minimum Gasteiger partial charge on any atom is -0.463 e. The Labute approximate surface area is 388 Å². The van der Waals surface area contributed by atoms with E-state index in [2.05, 4.69) is 32.9 Å². The first-order chi connectivity index (χ1) is 30.6. The Morgan fingerprint density at radius 3 is 0.903 bits per heavy atom. The second kappa shape index (κ2) is 54.0. The van der Waals surface area contributed by atoms with Crippen LogP contribution in [0.4, 0.5) is 0 Å². The number of hydrogen-bond donors (Lipinski definition) is 0. The fraction of sp³-hybridized carbons (Fsp3) is 0.930. The summed E-state index contributed by atoms with van der Waals surface area (Å²) in [6, 6.07) is 0. The van der Waals surface area contributed by atoms with Gasteiger partial charge >= 0.3 is 11.9 Å². The van der Waals surface area contributed by atoms with Crippen molar-refractivity contribution in [3.05, 3.63) is 12.2 Å². The van der Waals surface area contributed by atoms with Gasteiger partial charge in [0.05, 0.1) is 0 Å². The molecule has 0 saturated heterocycles. The number of carbonyl (C=O) groups is 2. The summed E-state index contributed by atoms with van der Waals surface area (Å²) in [5.74, 6) is -0.323. The van der Waals surface area contributed by atoms with E-state index in [9.17, 15) is 9.59 Å². The second-order valence-electron chi connectivity index (χ2n) is 19.2. The predicted molar refractivity (Wildman–Crippen MR) is 270 cm³/mol. The molecular formula is C57H110O5. The molecule has 0 unspecified atom stereocenters. The van der Waals surface area contributed by atoms with Crippen molar-refractivity contribution < 1.29 is 23.8 Å². The number of ether oxygens (including phenoxy) is 3. The number of carbonyl (C=O) groups excluding carboxylic acids is 2. The lowest BCUT2D eigenvalue weighted by molar-refractivity contribution is -0.155. The van der Waals surface area contributed by atoms with Crippen LogP contribution in [-0.2, 0) is 23.8 Å². The maximum absolute atomic E-state index is 12.6. The molecule has 0 radical (unpaired) electrons. The fourth-order valence-corrected chi connectivity index (χ4v) is 8.53. The molecule has 0 aromatic heterocycles. The van der Waals surface area contributed by atoms with Crippen LogP contribution >= 0.6 is 0 Å². The van der Waals surface area contributed by atoms with Gasteiger partial charge in [0.2, 0.25) is 0 Å². The van der Waals surface area contributed by atoms with Crippen LogP contribution < -0.4 is 0 Å². The third-order valence-corrected chi connectivity index (χ3v) is 12.8. The monoisotopic (exact) mass is 875 g/mol. The van der Waals surface area contributed by atoms with Crippen molar-refractivity contribution in [3.63, 3.8) is 0 Å². The maximum Gasteiger partial charge on any atom is 0.305 e. The van der Waals surface area contributed by atoms with Crippen molar-refractivity contribution >= 4 is 11.9 Å². The summed E-state index contributed by atoms with van der Waals surface area (Å²) < 4.78 is 17.5. The van der Waals surface area contributed by atoms with Gasteiger partial charge in [-0.1, -0.05) is 277 Å². The van der Waals surface area contributed by atoms with E-state index in [0.717, 1.165) is 51.4 Å². The lowest BCUT2D eigenvalue weighted by Gasteiger charge is -2.18. The van der Waals surface area contributed by atoms with E-state index in [4.69, 9.17) is 14.2 Å². The molecule has 0 N–H and O–H groups in total. The van der Waals surface area contributed by atoms with Gasteiger partial charge in [-0.3, -0.25) is 9.59 Å². The SMILES string of the molecule is CCCC/C=C\CCCCCCCC(=O)OC[C@H](COC(=O)CCCCCCCCCCCCCCCCCCCCC)OCCCCCCCCCCCCCCCCCC. The molecule has 0 aliphatic heterocycles. The van der Waals surface area contributed by atoms with E-state index < -0.39 is 6.10 Å². The molecular weight excluding hydrogens is 765 g/mol. The van der Waals surface area contributed by atoms with Crippen LogP contribution in [0.2, 0.25) is 0 Å². The van der Waals surface area contributed by atoms with Crippen LogP contribution in [0, 0.1) is 0 Å². The van der Waals surface area contributed by atoms with Gasteiger partial charge in [-0.15, -0.1) is 0 Å². The molecule has 0 aliphatic rings. The molecule has 0 heterocycles. The van der Waals surface area contributed by atoms with Gasteiger partial charge in [0.15, 0.2) is 0 Å². The molecule has 5 heteroatoms. The molecule has 62 heavy (non-hydrogen) atoms. The average Bonchev–Trinajstić information content (AvgIpc) is 3.28. The zero-order valence-electron chi connectivity index (χ0n) is 42.4. The molecule has 0 aliphatic carbocycles. The van der Waals surface area contributed by atoms with Crippen LogP contribution in [0.1, 0.15) is 316 Å². The quantitative estimate of drug-likeness (QED) is 0.0346. The first-order valence-corrected chi connectivity index (χ1v) is 28.2. The normalized spacial score (nSPS) is 12.1. The molecule has 0 amide bonds. The zero-order chi connectivity index (χ0) is 44.9. The van der Waals surface area contributed by atoms with E-state index >= 15 is 0 Å². The summed E-state index contributed by atoms with van der Waals surface area (Å²) in [6.45, 7) is 7.76. The molecule has 0 aromatic carbocycles. The Morgan fingerprint density at radius 1 is 0.323 bits per heavy atom. The minimum absolute atomic E-state index is 0.157. The molecule has 0 spiro atoms. The Kier molecular flexibility index (Phi) is 52.8. The molecule has 368 valence electrons. The van der Waals surface area contributed by atoms with Crippen molar-refractivity contribution in [1.29, 1.82) is 0 Å². The molecule has 1 atom stereocenters. The van der Waals surface area contributed by atoms with Gasteiger partial charge in [-0.2, -0.15) is 0 Å². The number of allylic oxidation sites excluding steroid dienone is 2. The predicted octanol–water partition coefficient (Wildman–Crippen LogP) is 19.0. The van der Waals surface area contributed by atoms with Crippen molar-refractivity contribution in [2.75, 3.05) is 19.8 Å². The molecule has 0 aromatic rings. The highest BCUT2D eigenvalue weighted by molar-refractivity contribution is 5.69. The number of hydrogen-bond acceptors (Lipinski definition) is 5. The van der Waals surface area contributed by atoms with Gasteiger partial charge in [-0.25, -0.2) is 0 Å². The van der Waals surface area contributed by atoms with Gasteiger partial charge in [0.1, 0.15) is 19.3 Å². The standard InChI is InChI=1S/C57H110O5/c1-4-7-10-13-16-19-22-24-26-28-29-30-31-33-36-39-42-45-48-51-57(59)62-54-55(53-61-56(58)50-47-44-41-38-35-21-18-15-12-9-6-3)60-52-49-46-43-40-37-34-32-27-25-23-20-17-14-11-8-5-2/h15,18,55H,4-14,16-17,19-54H2,1-3H3/b18-15-/t55-/m1/s1. The number of rotatable bonds is 53. The van der Waals surface area contributed by atoms with Crippen LogP contribution in [-0.4, -0.2) is 37.9 Å². The van der Waals surface area contributed by atoms with Crippen LogP contribution in [0.25, 0.3) is 0 Å². The minimum atomic E-state index is -0.394. The van der Waals surface area contributed by atoms with Crippen molar-refractivity contribution in [2.24, 2.45) is 0 Å². The lowest BCUT2D eigenvalue weighted by Crippen LogP contribution is -2.29. The van der Waals surface area contributed by atoms with E-state index in [1.54, 1.807) is 0 Å². The maximum atomic E-state index is 12.6. The van der Waals surface area contributed by atoms with Gasteiger partial charge in [-0.05, 0) is 38.5 Å². The zero-order valence-corrected chi connectivity index (χ0v) is 42.4. The third kappa shape index (κ3) is 51.3. The first-order valence-electron chi connectivity index (χ1n) is 28.2. The van der Waals surface area contributed by atoms with Gasteiger partial charge in [0, 0.05) is 19.4 Å². The molecule has 0 rings (SSSR count). The van der Waals surface area contributed by atoms with Crippen molar-refractivity contribution in [3.8, 4) is 0 Å². The van der Waals surface area contributed by atoms with Gasteiger partial charge in [0.25, 0.3) is 0 Å². The summed E-state index contributed by atoms with van der Waals surface area (Å²) in [6.07, 6.45) is 62.5. The largest absolute Gasteiger partial charge is 0.463 e. The molecule has 0 fully saturated rings. The highest BCUT2D eigenvalue weighted by Crippen LogP contribution is 2.17. The summed E-state index contributed by atoms with van der Waals surface area (Å²) in [4.78, 5) is 25.2. The Hall–Kier alpha value is -1.36. The van der Waals surface area contributed by atoms with E-state index in [1.807, 2.05) is 0 Å². The molecule has 0 bridgehead atoms. The number of esters is 2. The van der Waals surface area contributed by atoms with E-state index in [0.29, 0.717) is 19.4 Å². The Bertz CT molecular complexity index is 902. The highest BCUT2D eigenvalue weighted by atomic mass is 16.6. The van der Waals surface area contributed by atoms with Crippen LogP contribution in [0.5, 0.6) is 0 Å². The van der Waals surface area contributed by atoms with Gasteiger partial charge < -0.3 is 14.2 Å². The highest BCUT2D eigenvalue weighted by Gasteiger charge is 2.16. The summed E-state index contributed by atoms with van der Waals surface area (Å²) in [5.41, 5.74) is 0. The summed E-state index contributed by atoms with van der Waals surface area (Å²) in [7, 11) is 0. The van der Waals surface area contributed by atoms with E-state index in [1.165, 1.54) is 231 Å². The summed E-state index contributed by atoms with van der Waals surface area (Å²) >= 11 is 0. The van der Waals surface area contributed by atoms with E-state index in [-0.39, 0.29) is 25.2 Å². The smallest absolute Gasteiger partial charge is 0.305 e. The topological polar surface area (TPSA) is 61.8 Å². The third-order valence-electron chi connectivity index (χ3n) is 12.8. The van der Waals surface area contributed by atoms with Crippen LogP contribution in [0.3, 0.4) is 0 Å². The van der Waals surface area contributed by atoms with Crippen molar-refractivity contribution in [1.82, 2.24) is 0 Å². The first kappa shape index (κ1) is 60.6. The van der Waals surface area contributed by atoms with Crippen molar-refractivity contribution in [2.45, 2.75) is 322 Å². The number of unbranched alkanes of at least 4 members (excludes halogenated alkanes) is 40. The lowest BCUT2D eigenvalue weighted by atomic mass is 10.0. The van der Waals surface area contributed by atoms with Crippen LogP contribution in [0.15, 0.2) is 12.2 Å². The molecule has 5 nitrogen and oxygen atoms in total. The molecule has 0 saturated carbocycles.